The summed E-state index contributed by atoms with van der Waals surface area (Å²) in [4.78, 5) is 0. The van der Waals surface area contributed by atoms with Crippen molar-refractivity contribution < 1.29 is 0 Å². The average molecular weight is 261 g/mol. The second kappa shape index (κ2) is 4.23. The zero-order chi connectivity index (χ0) is 13.1. The molecule has 1 atom stereocenters. The van der Waals surface area contributed by atoms with E-state index in [-0.39, 0.29) is 0 Å². The van der Waals surface area contributed by atoms with Gasteiger partial charge in [-0.3, -0.25) is 0 Å². The standard InChI is InChI=1S/C18H31N/c1-3-17(4-5-17)12-19-13(2)18-9-14-6-15(10-18)8-16(7-14)11-18/h13-16,19H,3-12H2,1-2H3. The number of hydrogen-bond acceptors (Lipinski definition) is 1. The zero-order valence-electron chi connectivity index (χ0n) is 12.9. The Morgan fingerprint density at radius 3 is 1.95 bits per heavy atom. The molecule has 19 heavy (non-hydrogen) atoms. The Balaban J connectivity index is 1.43. The first-order valence-corrected chi connectivity index (χ1v) is 8.86. The molecule has 1 heteroatoms. The van der Waals surface area contributed by atoms with Crippen LogP contribution in [-0.2, 0) is 0 Å². The molecule has 0 heterocycles. The molecule has 5 aliphatic carbocycles. The maximum Gasteiger partial charge on any atom is 0.00957 e. The van der Waals surface area contributed by atoms with E-state index in [0.29, 0.717) is 10.8 Å². The van der Waals surface area contributed by atoms with Crippen LogP contribution in [0.3, 0.4) is 0 Å². The summed E-state index contributed by atoms with van der Waals surface area (Å²) in [6.07, 6.45) is 13.7. The van der Waals surface area contributed by atoms with Gasteiger partial charge in [-0.25, -0.2) is 0 Å². The van der Waals surface area contributed by atoms with Crippen molar-refractivity contribution in [2.24, 2.45) is 28.6 Å². The smallest absolute Gasteiger partial charge is 0.00957 e. The first-order valence-electron chi connectivity index (χ1n) is 8.86. The highest BCUT2D eigenvalue weighted by molar-refractivity contribution is 5.06. The van der Waals surface area contributed by atoms with Crippen molar-refractivity contribution in [3.63, 3.8) is 0 Å². The highest BCUT2D eigenvalue weighted by Crippen LogP contribution is 2.61. The molecule has 0 amide bonds. The maximum absolute atomic E-state index is 3.99. The van der Waals surface area contributed by atoms with Gasteiger partial charge in [0.05, 0.1) is 0 Å². The lowest BCUT2D eigenvalue weighted by Gasteiger charge is -2.59. The van der Waals surface area contributed by atoms with E-state index >= 15 is 0 Å². The van der Waals surface area contributed by atoms with Crippen LogP contribution in [0.4, 0.5) is 0 Å². The number of rotatable bonds is 5. The zero-order valence-corrected chi connectivity index (χ0v) is 12.9. The Morgan fingerprint density at radius 1 is 1.00 bits per heavy atom. The highest BCUT2D eigenvalue weighted by Gasteiger charge is 2.53. The van der Waals surface area contributed by atoms with Crippen LogP contribution in [0.1, 0.15) is 71.6 Å². The molecule has 0 aromatic heterocycles. The SMILES string of the molecule is CCC1(CNC(C)C23CC4CC(CC(C4)C2)C3)CC1. The summed E-state index contributed by atoms with van der Waals surface area (Å²) in [5, 5.41) is 3.99. The predicted octanol–water partition coefficient (Wildman–Crippen LogP) is 4.37. The topological polar surface area (TPSA) is 12.0 Å². The molecule has 0 radical (unpaired) electrons. The average Bonchev–Trinajstić information content (AvgIpc) is 3.15. The van der Waals surface area contributed by atoms with Crippen molar-refractivity contribution in [1.29, 1.82) is 0 Å². The van der Waals surface area contributed by atoms with Gasteiger partial charge in [0.25, 0.3) is 0 Å². The van der Waals surface area contributed by atoms with Crippen molar-refractivity contribution in [1.82, 2.24) is 5.32 Å². The summed E-state index contributed by atoms with van der Waals surface area (Å²) in [6, 6.07) is 0.768. The molecular weight excluding hydrogens is 230 g/mol. The Hall–Kier alpha value is -0.0400. The molecule has 5 rings (SSSR count). The maximum atomic E-state index is 3.99. The van der Waals surface area contributed by atoms with Crippen molar-refractivity contribution in [3.05, 3.63) is 0 Å². The van der Waals surface area contributed by atoms with E-state index in [1.807, 2.05) is 0 Å². The van der Waals surface area contributed by atoms with Crippen molar-refractivity contribution in [2.75, 3.05) is 6.54 Å². The minimum Gasteiger partial charge on any atom is -0.313 e. The Labute approximate surface area is 118 Å². The van der Waals surface area contributed by atoms with E-state index < -0.39 is 0 Å². The summed E-state index contributed by atoms with van der Waals surface area (Å²) in [6.45, 7) is 6.19. The van der Waals surface area contributed by atoms with Crippen molar-refractivity contribution in [3.8, 4) is 0 Å². The minimum absolute atomic E-state index is 0.693. The lowest BCUT2D eigenvalue weighted by Crippen LogP contribution is -2.55. The highest BCUT2D eigenvalue weighted by atomic mass is 15.0. The number of hydrogen-bond donors (Lipinski definition) is 1. The monoisotopic (exact) mass is 261 g/mol. The first-order chi connectivity index (χ1) is 9.13. The molecule has 5 saturated carbocycles. The second-order valence-corrected chi connectivity index (χ2v) is 8.74. The molecule has 5 fully saturated rings. The minimum atomic E-state index is 0.693. The normalized spacial score (nSPS) is 47.4. The molecule has 0 spiro atoms. The van der Waals surface area contributed by atoms with Crippen molar-refractivity contribution >= 4 is 0 Å². The van der Waals surface area contributed by atoms with Crippen LogP contribution in [0.5, 0.6) is 0 Å². The molecule has 5 aliphatic rings. The van der Waals surface area contributed by atoms with E-state index in [9.17, 15) is 0 Å². The van der Waals surface area contributed by atoms with Gasteiger partial charge in [-0.05, 0) is 93.3 Å². The van der Waals surface area contributed by atoms with Crippen LogP contribution >= 0.6 is 0 Å². The Kier molecular flexibility index (Phi) is 2.82. The second-order valence-electron chi connectivity index (χ2n) is 8.74. The third-order valence-electron chi connectivity index (χ3n) is 7.49. The van der Waals surface area contributed by atoms with E-state index in [1.165, 1.54) is 25.8 Å². The van der Waals surface area contributed by atoms with Crippen LogP contribution in [0.15, 0.2) is 0 Å². The predicted molar refractivity (Wildman–Crippen MR) is 80.0 cm³/mol. The summed E-state index contributed by atoms with van der Waals surface area (Å²) < 4.78 is 0. The van der Waals surface area contributed by atoms with Crippen LogP contribution < -0.4 is 5.32 Å². The molecule has 4 bridgehead atoms. The molecule has 1 nitrogen and oxygen atoms in total. The van der Waals surface area contributed by atoms with Crippen LogP contribution in [0.2, 0.25) is 0 Å². The number of nitrogens with one attached hydrogen (secondary N) is 1. The van der Waals surface area contributed by atoms with Crippen LogP contribution in [0, 0.1) is 28.6 Å². The molecular formula is C18H31N. The third kappa shape index (κ3) is 2.07. The van der Waals surface area contributed by atoms with Gasteiger partial charge in [0.15, 0.2) is 0 Å². The van der Waals surface area contributed by atoms with Crippen molar-refractivity contribution in [2.45, 2.75) is 77.7 Å². The summed E-state index contributed by atoms with van der Waals surface area (Å²) in [7, 11) is 0. The van der Waals surface area contributed by atoms with Crippen LogP contribution in [0.25, 0.3) is 0 Å². The summed E-state index contributed by atoms with van der Waals surface area (Å²) >= 11 is 0. The van der Waals surface area contributed by atoms with Gasteiger partial charge in [-0.1, -0.05) is 6.92 Å². The molecule has 108 valence electrons. The fourth-order valence-electron chi connectivity index (χ4n) is 6.13. The van der Waals surface area contributed by atoms with Gasteiger partial charge in [-0.15, -0.1) is 0 Å². The molecule has 0 aromatic carbocycles. The van der Waals surface area contributed by atoms with Crippen LogP contribution in [-0.4, -0.2) is 12.6 Å². The van der Waals surface area contributed by atoms with Gasteiger partial charge in [0.2, 0.25) is 0 Å². The van der Waals surface area contributed by atoms with Gasteiger partial charge in [0.1, 0.15) is 0 Å². The quantitative estimate of drug-likeness (QED) is 0.775. The molecule has 0 aromatic rings. The van der Waals surface area contributed by atoms with Gasteiger partial charge >= 0.3 is 0 Å². The Morgan fingerprint density at radius 2 is 1.53 bits per heavy atom. The molecule has 0 saturated heterocycles. The summed E-state index contributed by atoms with van der Waals surface area (Å²) in [5.41, 5.74) is 1.40. The first kappa shape index (κ1) is 12.7. The fraction of sp³-hybridized carbons (Fsp3) is 1.00. The fourth-order valence-corrected chi connectivity index (χ4v) is 6.13. The van der Waals surface area contributed by atoms with E-state index in [1.54, 1.807) is 38.5 Å². The molecule has 0 aliphatic heterocycles. The lowest BCUT2D eigenvalue weighted by atomic mass is 9.48. The van der Waals surface area contributed by atoms with E-state index in [2.05, 4.69) is 19.2 Å². The summed E-state index contributed by atoms with van der Waals surface area (Å²) in [5.74, 6) is 3.28. The van der Waals surface area contributed by atoms with Gasteiger partial charge in [-0.2, -0.15) is 0 Å². The van der Waals surface area contributed by atoms with E-state index in [4.69, 9.17) is 0 Å². The molecule has 1 N–H and O–H groups in total. The Bertz CT molecular complexity index is 319. The lowest BCUT2D eigenvalue weighted by molar-refractivity contribution is -0.0710. The third-order valence-corrected chi connectivity index (χ3v) is 7.49. The van der Waals surface area contributed by atoms with Gasteiger partial charge in [0, 0.05) is 12.6 Å². The largest absolute Gasteiger partial charge is 0.313 e. The molecule has 1 unspecified atom stereocenters. The van der Waals surface area contributed by atoms with E-state index in [0.717, 1.165) is 23.8 Å². The van der Waals surface area contributed by atoms with Gasteiger partial charge < -0.3 is 5.32 Å².